The van der Waals surface area contributed by atoms with Gasteiger partial charge in [-0.2, -0.15) is 0 Å². The van der Waals surface area contributed by atoms with Crippen LogP contribution in [0.1, 0.15) is 117 Å². The molecular formula is C23H44O4. The summed E-state index contributed by atoms with van der Waals surface area (Å²) in [5.41, 5.74) is 0. The predicted molar refractivity (Wildman–Crippen MR) is 112 cm³/mol. The van der Waals surface area contributed by atoms with Crippen LogP contribution in [0, 0.1) is 5.92 Å². The van der Waals surface area contributed by atoms with Gasteiger partial charge in [0.25, 0.3) is 0 Å². The lowest BCUT2D eigenvalue weighted by Crippen LogP contribution is -2.15. The largest absolute Gasteiger partial charge is 0.466 e. The Morgan fingerprint density at radius 1 is 0.667 bits per heavy atom. The van der Waals surface area contributed by atoms with Crippen LogP contribution in [0.25, 0.3) is 0 Å². The van der Waals surface area contributed by atoms with Crippen molar-refractivity contribution in [1.29, 1.82) is 0 Å². The third-order valence-corrected chi connectivity index (χ3v) is 4.87. The molecule has 0 amide bonds. The summed E-state index contributed by atoms with van der Waals surface area (Å²) in [6.45, 7) is 7.28. The van der Waals surface area contributed by atoms with Crippen molar-refractivity contribution < 1.29 is 19.1 Å². The molecular weight excluding hydrogens is 340 g/mol. The fourth-order valence-electron chi connectivity index (χ4n) is 2.94. The van der Waals surface area contributed by atoms with Gasteiger partial charge < -0.3 is 9.47 Å². The highest BCUT2D eigenvalue weighted by atomic mass is 16.5. The number of hydrogen-bond acceptors (Lipinski definition) is 4. The molecule has 0 heterocycles. The lowest BCUT2D eigenvalue weighted by atomic mass is 10.1. The summed E-state index contributed by atoms with van der Waals surface area (Å²) in [4.78, 5) is 23.4. The smallest absolute Gasteiger partial charge is 0.305 e. The summed E-state index contributed by atoms with van der Waals surface area (Å²) in [7, 11) is 0. The van der Waals surface area contributed by atoms with Gasteiger partial charge in [0.15, 0.2) is 0 Å². The monoisotopic (exact) mass is 384 g/mol. The minimum absolute atomic E-state index is 0.0993. The maximum atomic E-state index is 11.7. The summed E-state index contributed by atoms with van der Waals surface area (Å²) in [5, 5.41) is 0. The fraction of sp³-hybridized carbons (Fsp3) is 0.913. The minimum atomic E-state index is -0.0996. The van der Waals surface area contributed by atoms with Gasteiger partial charge in [-0.3, -0.25) is 9.59 Å². The van der Waals surface area contributed by atoms with E-state index in [1.807, 2.05) is 6.92 Å². The van der Waals surface area contributed by atoms with E-state index in [1.165, 1.54) is 51.4 Å². The first kappa shape index (κ1) is 25.9. The second-order valence-electron chi connectivity index (χ2n) is 7.83. The molecule has 0 rings (SSSR count). The van der Waals surface area contributed by atoms with Crippen LogP contribution in [0.15, 0.2) is 0 Å². The molecule has 0 aliphatic heterocycles. The zero-order valence-corrected chi connectivity index (χ0v) is 18.2. The Bertz CT molecular complexity index is 354. The molecule has 0 aliphatic rings. The fourth-order valence-corrected chi connectivity index (χ4v) is 2.94. The van der Waals surface area contributed by atoms with Crippen LogP contribution in [0.3, 0.4) is 0 Å². The van der Waals surface area contributed by atoms with Gasteiger partial charge in [0.05, 0.1) is 13.2 Å². The van der Waals surface area contributed by atoms with Gasteiger partial charge in [0, 0.05) is 12.8 Å². The third-order valence-electron chi connectivity index (χ3n) is 4.87. The first-order valence-corrected chi connectivity index (χ1v) is 11.4. The first-order chi connectivity index (χ1) is 13.1. The van der Waals surface area contributed by atoms with E-state index < -0.39 is 0 Å². The van der Waals surface area contributed by atoms with Crippen molar-refractivity contribution in [2.75, 3.05) is 13.2 Å². The Kier molecular flexibility index (Phi) is 18.9. The van der Waals surface area contributed by atoms with Crippen LogP contribution in [-0.2, 0) is 19.1 Å². The van der Waals surface area contributed by atoms with E-state index in [4.69, 9.17) is 9.47 Å². The number of unbranched alkanes of at least 4 members (excludes halogenated alkanes) is 10. The molecule has 0 N–H and O–H groups in total. The van der Waals surface area contributed by atoms with Crippen LogP contribution in [0.2, 0.25) is 0 Å². The van der Waals surface area contributed by atoms with Crippen LogP contribution in [-0.4, -0.2) is 25.2 Å². The van der Waals surface area contributed by atoms with Gasteiger partial charge in [-0.15, -0.1) is 0 Å². The van der Waals surface area contributed by atoms with Crippen molar-refractivity contribution >= 4 is 11.9 Å². The molecule has 160 valence electrons. The molecule has 0 aromatic carbocycles. The number of rotatable bonds is 19. The van der Waals surface area contributed by atoms with Gasteiger partial charge in [-0.1, -0.05) is 85.0 Å². The topological polar surface area (TPSA) is 52.6 Å². The molecule has 0 bridgehead atoms. The first-order valence-electron chi connectivity index (χ1n) is 11.4. The molecule has 1 unspecified atom stereocenters. The Morgan fingerprint density at radius 2 is 1.11 bits per heavy atom. The van der Waals surface area contributed by atoms with Gasteiger partial charge in [0.1, 0.15) is 0 Å². The lowest BCUT2D eigenvalue weighted by Gasteiger charge is -2.12. The molecule has 0 saturated heterocycles. The molecule has 0 radical (unpaired) electrons. The van der Waals surface area contributed by atoms with Crippen molar-refractivity contribution in [3.8, 4) is 0 Å². The van der Waals surface area contributed by atoms with Gasteiger partial charge in [-0.25, -0.2) is 0 Å². The van der Waals surface area contributed by atoms with E-state index in [9.17, 15) is 9.59 Å². The molecule has 0 spiro atoms. The number of carbonyl (C=O) groups excluding carboxylic acids is 2. The number of esters is 2. The van der Waals surface area contributed by atoms with Crippen molar-refractivity contribution in [2.45, 2.75) is 117 Å². The Morgan fingerprint density at radius 3 is 1.63 bits per heavy atom. The van der Waals surface area contributed by atoms with E-state index >= 15 is 0 Å². The van der Waals surface area contributed by atoms with Crippen LogP contribution < -0.4 is 0 Å². The highest BCUT2D eigenvalue weighted by Gasteiger charge is 2.09. The van der Waals surface area contributed by atoms with Crippen molar-refractivity contribution in [2.24, 2.45) is 5.92 Å². The minimum Gasteiger partial charge on any atom is -0.466 e. The average molecular weight is 385 g/mol. The van der Waals surface area contributed by atoms with Crippen molar-refractivity contribution in [1.82, 2.24) is 0 Å². The third kappa shape index (κ3) is 19.5. The summed E-state index contributed by atoms with van der Waals surface area (Å²) in [6.07, 6.45) is 15.9. The maximum Gasteiger partial charge on any atom is 0.305 e. The van der Waals surface area contributed by atoms with Crippen LogP contribution >= 0.6 is 0 Å². The zero-order chi connectivity index (χ0) is 20.2. The zero-order valence-electron chi connectivity index (χ0n) is 18.2. The van der Waals surface area contributed by atoms with E-state index in [0.717, 1.165) is 32.1 Å². The number of ether oxygens (including phenoxy) is 2. The molecule has 4 nitrogen and oxygen atoms in total. The SMILES string of the molecule is CCCCCCCCC(=O)OCCC(C)COC(=O)CCCCCCCC. The molecule has 0 aromatic rings. The highest BCUT2D eigenvalue weighted by molar-refractivity contribution is 5.69. The van der Waals surface area contributed by atoms with Gasteiger partial charge in [0.2, 0.25) is 0 Å². The number of hydrogen-bond donors (Lipinski definition) is 0. The molecule has 0 aromatic heterocycles. The Labute approximate surface area is 167 Å². The molecule has 0 fully saturated rings. The van der Waals surface area contributed by atoms with Crippen LogP contribution in [0.5, 0.6) is 0 Å². The van der Waals surface area contributed by atoms with E-state index in [2.05, 4.69) is 13.8 Å². The van der Waals surface area contributed by atoms with E-state index in [-0.39, 0.29) is 17.9 Å². The maximum absolute atomic E-state index is 11.7. The summed E-state index contributed by atoms with van der Waals surface area (Å²) < 4.78 is 10.6. The summed E-state index contributed by atoms with van der Waals surface area (Å²) in [5.74, 6) is 0.0236. The molecule has 4 heteroatoms. The standard InChI is InChI=1S/C23H44O4/c1-4-6-8-10-12-14-16-22(24)26-19-18-21(3)20-27-23(25)17-15-13-11-9-7-5-2/h21H,4-20H2,1-3H3. The van der Waals surface area contributed by atoms with Crippen molar-refractivity contribution in [3.05, 3.63) is 0 Å². The second-order valence-corrected chi connectivity index (χ2v) is 7.83. The van der Waals surface area contributed by atoms with Gasteiger partial charge >= 0.3 is 11.9 Å². The quantitative estimate of drug-likeness (QED) is 0.186. The lowest BCUT2D eigenvalue weighted by molar-refractivity contribution is -0.147. The summed E-state index contributed by atoms with van der Waals surface area (Å²) in [6, 6.07) is 0. The molecule has 0 saturated carbocycles. The Balaban J connectivity index is 3.47. The van der Waals surface area contributed by atoms with E-state index in [0.29, 0.717) is 26.1 Å². The molecule has 27 heavy (non-hydrogen) atoms. The number of carbonyl (C=O) groups is 2. The normalized spacial score (nSPS) is 12.0. The highest BCUT2D eigenvalue weighted by Crippen LogP contribution is 2.10. The van der Waals surface area contributed by atoms with Crippen molar-refractivity contribution in [3.63, 3.8) is 0 Å². The summed E-state index contributed by atoms with van der Waals surface area (Å²) >= 11 is 0. The van der Waals surface area contributed by atoms with E-state index in [1.54, 1.807) is 0 Å². The molecule has 1 atom stereocenters. The Hall–Kier alpha value is -1.06. The second kappa shape index (κ2) is 19.7. The van der Waals surface area contributed by atoms with Gasteiger partial charge in [-0.05, 0) is 25.2 Å². The predicted octanol–water partition coefficient (Wildman–Crippen LogP) is 6.60. The van der Waals surface area contributed by atoms with Crippen LogP contribution in [0.4, 0.5) is 0 Å². The average Bonchev–Trinajstić information content (AvgIpc) is 2.65. The molecule has 0 aliphatic carbocycles.